The summed E-state index contributed by atoms with van der Waals surface area (Å²) in [6.07, 6.45) is -0.745. The summed E-state index contributed by atoms with van der Waals surface area (Å²) < 4.78 is 10.4. The molecule has 1 aliphatic rings. The van der Waals surface area contributed by atoms with Crippen molar-refractivity contribution < 1.29 is 19.4 Å². The molecule has 1 aliphatic heterocycles. The largest absolute Gasteiger partial charge is 0.387 e. The van der Waals surface area contributed by atoms with Gasteiger partial charge in [-0.15, -0.1) is 0 Å². The third-order valence-electron chi connectivity index (χ3n) is 1.73. The van der Waals surface area contributed by atoms with E-state index in [1.807, 2.05) is 6.92 Å². The lowest BCUT2D eigenvalue weighted by Crippen LogP contribution is -2.49. The van der Waals surface area contributed by atoms with Crippen molar-refractivity contribution in [2.75, 3.05) is 19.0 Å². The molecule has 5 heteroatoms. The molecule has 0 amide bonds. The van der Waals surface area contributed by atoms with Gasteiger partial charge >= 0.3 is 0 Å². The molecule has 0 aromatic rings. The zero-order valence-electron chi connectivity index (χ0n) is 7.78. The Balaban J connectivity index is 2.63. The molecule has 1 unspecified atom stereocenters. The van der Waals surface area contributed by atoms with Crippen LogP contribution >= 0.6 is 11.8 Å². The first-order chi connectivity index (χ1) is 6.10. The van der Waals surface area contributed by atoms with Crippen LogP contribution in [0.2, 0.25) is 0 Å². The van der Waals surface area contributed by atoms with Gasteiger partial charge in [-0.2, -0.15) is 0 Å². The average molecular weight is 206 g/mol. The molecule has 13 heavy (non-hydrogen) atoms. The maximum Gasteiger partial charge on any atom is 0.245 e. The predicted octanol–water partition coefficient (Wildman–Crippen LogP) is 0.390. The smallest absolute Gasteiger partial charge is 0.245 e. The third-order valence-corrected chi connectivity index (χ3v) is 2.99. The molecule has 0 aromatic heterocycles. The van der Waals surface area contributed by atoms with Crippen LogP contribution in [-0.2, 0) is 14.3 Å². The number of rotatable bonds is 3. The minimum absolute atomic E-state index is 0.0257. The Hall–Kier alpha value is -0.100. The van der Waals surface area contributed by atoms with Crippen molar-refractivity contribution in [3.63, 3.8) is 0 Å². The Labute approximate surface area is 81.6 Å². The highest BCUT2D eigenvalue weighted by Crippen LogP contribution is 2.33. The molecule has 1 rings (SSSR count). The highest BCUT2D eigenvalue weighted by molar-refractivity contribution is 8.00. The number of Topliss-reactive ketones (excluding diaryl/α,β-unsaturated/α-hetero) is 1. The first kappa shape index (κ1) is 11.0. The first-order valence-electron chi connectivity index (χ1n) is 4.22. The van der Waals surface area contributed by atoms with E-state index in [0.29, 0.717) is 0 Å². The predicted molar refractivity (Wildman–Crippen MR) is 49.5 cm³/mol. The zero-order valence-corrected chi connectivity index (χ0v) is 8.60. The monoisotopic (exact) mass is 206 g/mol. The summed E-state index contributed by atoms with van der Waals surface area (Å²) in [7, 11) is 0. The molecule has 0 aliphatic carbocycles. The zero-order chi connectivity index (χ0) is 9.90. The van der Waals surface area contributed by atoms with Crippen molar-refractivity contribution in [2.24, 2.45) is 0 Å². The van der Waals surface area contributed by atoms with Gasteiger partial charge in [0, 0.05) is 0 Å². The quantitative estimate of drug-likeness (QED) is 0.724. The van der Waals surface area contributed by atoms with Crippen LogP contribution in [0.1, 0.15) is 13.8 Å². The SMILES string of the molecule is CCSC1(C(C)O)OCC(=O)CO1. The standard InChI is InChI=1S/C8H14O4S/c1-3-13-8(6(2)9)11-4-7(10)5-12-8/h6,9H,3-5H2,1-2H3. The number of ketones is 1. The number of carbonyl (C=O) groups excluding carboxylic acids is 1. The minimum Gasteiger partial charge on any atom is -0.387 e. The number of thioether (sulfide) groups is 1. The van der Waals surface area contributed by atoms with Crippen LogP contribution in [-0.4, -0.2) is 41.1 Å². The number of aliphatic hydroxyl groups excluding tert-OH is 1. The lowest BCUT2D eigenvalue weighted by atomic mass is 10.3. The normalized spacial score (nSPS) is 24.4. The molecule has 0 saturated carbocycles. The second-order valence-electron chi connectivity index (χ2n) is 2.83. The molecular formula is C8H14O4S. The van der Waals surface area contributed by atoms with E-state index < -0.39 is 11.2 Å². The van der Waals surface area contributed by atoms with Crippen LogP contribution in [0.3, 0.4) is 0 Å². The summed E-state index contributed by atoms with van der Waals surface area (Å²) in [4.78, 5) is 10.8. The van der Waals surface area contributed by atoms with E-state index in [9.17, 15) is 9.90 Å². The van der Waals surface area contributed by atoms with Gasteiger partial charge in [-0.1, -0.05) is 18.7 Å². The summed E-state index contributed by atoms with van der Waals surface area (Å²) in [5, 5.41) is 8.42. The van der Waals surface area contributed by atoms with Gasteiger partial charge < -0.3 is 14.6 Å². The second kappa shape index (κ2) is 4.41. The molecule has 0 spiro atoms. The van der Waals surface area contributed by atoms with Crippen molar-refractivity contribution in [1.82, 2.24) is 0 Å². The molecule has 0 aromatic carbocycles. The van der Waals surface area contributed by atoms with E-state index in [1.54, 1.807) is 6.92 Å². The van der Waals surface area contributed by atoms with E-state index >= 15 is 0 Å². The Kier molecular flexibility index (Phi) is 3.73. The lowest BCUT2D eigenvalue weighted by Gasteiger charge is -2.37. The molecular weight excluding hydrogens is 192 g/mol. The Morgan fingerprint density at radius 2 is 2.15 bits per heavy atom. The van der Waals surface area contributed by atoms with Gasteiger partial charge in [0.1, 0.15) is 19.3 Å². The van der Waals surface area contributed by atoms with Gasteiger partial charge in [0.05, 0.1) is 0 Å². The van der Waals surface area contributed by atoms with Crippen LogP contribution in [0.4, 0.5) is 0 Å². The van der Waals surface area contributed by atoms with Crippen LogP contribution in [0.5, 0.6) is 0 Å². The van der Waals surface area contributed by atoms with Crippen LogP contribution in [0, 0.1) is 0 Å². The van der Waals surface area contributed by atoms with Gasteiger partial charge in [-0.25, -0.2) is 0 Å². The summed E-state index contributed by atoms with van der Waals surface area (Å²) in [5.41, 5.74) is 0. The van der Waals surface area contributed by atoms with E-state index in [4.69, 9.17) is 9.47 Å². The molecule has 1 N–H and O–H groups in total. The van der Waals surface area contributed by atoms with Crippen molar-refractivity contribution in [2.45, 2.75) is 25.1 Å². The minimum atomic E-state index is -1.04. The van der Waals surface area contributed by atoms with Crippen molar-refractivity contribution in [3.05, 3.63) is 0 Å². The second-order valence-corrected chi connectivity index (χ2v) is 4.26. The summed E-state index contributed by atoms with van der Waals surface area (Å²) in [6, 6.07) is 0. The molecule has 0 bridgehead atoms. The number of carbonyl (C=O) groups is 1. The van der Waals surface area contributed by atoms with Gasteiger partial charge in [0.2, 0.25) is 5.12 Å². The van der Waals surface area contributed by atoms with Crippen LogP contribution in [0.15, 0.2) is 0 Å². The molecule has 1 saturated heterocycles. The molecule has 76 valence electrons. The molecule has 1 atom stereocenters. The van der Waals surface area contributed by atoms with Crippen LogP contribution in [0.25, 0.3) is 0 Å². The number of aliphatic hydroxyl groups is 1. The van der Waals surface area contributed by atoms with Gasteiger partial charge in [0.15, 0.2) is 5.78 Å². The third kappa shape index (κ3) is 2.43. The first-order valence-corrected chi connectivity index (χ1v) is 5.21. The van der Waals surface area contributed by atoms with Gasteiger partial charge in [-0.3, -0.25) is 4.79 Å². The Bertz CT molecular complexity index is 183. The van der Waals surface area contributed by atoms with Crippen molar-refractivity contribution in [1.29, 1.82) is 0 Å². The number of hydrogen-bond acceptors (Lipinski definition) is 5. The van der Waals surface area contributed by atoms with Crippen molar-refractivity contribution in [3.8, 4) is 0 Å². The molecule has 1 fully saturated rings. The number of ether oxygens (including phenoxy) is 2. The Morgan fingerprint density at radius 1 is 1.62 bits per heavy atom. The van der Waals surface area contributed by atoms with E-state index in [-0.39, 0.29) is 19.0 Å². The summed E-state index contributed by atoms with van der Waals surface area (Å²) in [5.74, 6) is 0.673. The summed E-state index contributed by atoms with van der Waals surface area (Å²) >= 11 is 1.36. The molecule has 1 heterocycles. The lowest BCUT2D eigenvalue weighted by molar-refractivity contribution is -0.236. The number of hydrogen-bond donors (Lipinski definition) is 1. The highest BCUT2D eigenvalue weighted by Gasteiger charge is 2.42. The van der Waals surface area contributed by atoms with Crippen molar-refractivity contribution >= 4 is 17.5 Å². The topological polar surface area (TPSA) is 55.8 Å². The van der Waals surface area contributed by atoms with Gasteiger partial charge in [-0.05, 0) is 12.7 Å². The maximum absolute atomic E-state index is 10.8. The summed E-state index contributed by atoms with van der Waals surface area (Å²) in [6.45, 7) is 3.59. The average Bonchev–Trinajstić information content (AvgIpc) is 2.09. The fourth-order valence-electron chi connectivity index (χ4n) is 1.09. The van der Waals surface area contributed by atoms with Gasteiger partial charge in [0.25, 0.3) is 0 Å². The van der Waals surface area contributed by atoms with E-state index in [2.05, 4.69) is 0 Å². The molecule has 4 nitrogen and oxygen atoms in total. The van der Waals surface area contributed by atoms with E-state index in [0.717, 1.165) is 5.75 Å². The molecule has 0 radical (unpaired) electrons. The highest BCUT2D eigenvalue weighted by atomic mass is 32.2. The fraction of sp³-hybridized carbons (Fsp3) is 0.875. The maximum atomic E-state index is 10.8. The fourth-order valence-corrected chi connectivity index (χ4v) is 2.02. The Morgan fingerprint density at radius 3 is 2.54 bits per heavy atom. The van der Waals surface area contributed by atoms with Crippen LogP contribution < -0.4 is 0 Å². The van der Waals surface area contributed by atoms with E-state index in [1.165, 1.54) is 11.8 Å².